The molecule has 1 saturated heterocycles. The fourth-order valence-electron chi connectivity index (χ4n) is 1.26. The number of morpholine rings is 1. The molecule has 1 aliphatic rings. The molecule has 16 heavy (non-hydrogen) atoms. The first kappa shape index (κ1) is 13.2. The number of amides is 1. The Morgan fingerprint density at radius 3 is 2.81 bits per heavy atom. The SMILES string of the molecule is CC(C)(C)OC(=O)NCC1CNC(O)CO1. The molecule has 1 aliphatic heterocycles. The second kappa shape index (κ2) is 5.47. The van der Waals surface area contributed by atoms with Crippen molar-refractivity contribution >= 4 is 6.09 Å². The highest BCUT2D eigenvalue weighted by Crippen LogP contribution is 2.06. The van der Waals surface area contributed by atoms with Crippen LogP contribution in [0.1, 0.15) is 20.8 Å². The van der Waals surface area contributed by atoms with Gasteiger partial charge in [0.15, 0.2) is 0 Å². The minimum atomic E-state index is -0.613. The van der Waals surface area contributed by atoms with Crippen LogP contribution in [0.25, 0.3) is 0 Å². The van der Waals surface area contributed by atoms with Crippen molar-refractivity contribution in [3.8, 4) is 0 Å². The molecule has 1 fully saturated rings. The predicted molar refractivity (Wildman–Crippen MR) is 58.0 cm³/mol. The summed E-state index contributed by atoms with van der Waals surface area (Å²) in [5, 5.41) is 14.6. The highest BCUT2D eigenvalue weighted by atomic mass is 16.6. The first-order valence-electron chi connectivity index (χ1n) is 5.37. The molecule has 1 heterocycles. The molecule has 0 aromatic carbocycles. The number of alkyl carbamates (subject to hydrolysis) is 1. The summed E-state index contributed by atoms with van der Waals surface area (Å²) in [6.45, 7) is 6.54. The molecule has 1 amide bonds. The van der Waals surface area contributed by atoms with Crippen molar-refractivity contribution in [1.29, 1.82) is 0 Å². The summed E-state index contributed by atoms with van der Waals surface area (Å²) in [6, 6.07) is 0. The second-order valence-electron chi connectivity index (χ2n) is 4.76. The maximum Gasteiger partial charge on any atom is 0.407 e. The molecule has 3 N–H and O–H groups in total. The number of hydrogen-bond donors (Lipinski definition) is 3. The Balaban J connectivity index is 2.17. The lowest BCUT2D eigenvalue weighted by molar-refractivity contribution is -0.0607. The Morgan fingerprint density at radius 1 is 1.62 bits per heavy atom. The largest absolute Gasteiger partial charge is 0.444 e. The first-order chi connectivity index (χ1) is 7.37. The van der Waals surface area contributed by atoms with Gasteiger partial charge in [-0.1, -0.05) is 0 Å². The van der Waals surface area contributed by atoms with E-state index in [2.05, 4.69) is 10.6 Å². The van der Waals surface area contributed by atoms with Gasteiger partial charge >= 0.3 is 6.09 Å². The molecule has 0 radical (unpaired) electrons. The standard InChI is InChI=1S/C10H20N2O4/c1-10(2,3)16-9(14)12-5-7-4-11-8(13)6-15-7/h7-8,11,13H,4-6H2,1-3H3,(H,12,14). The molecule has 2 unspecified atom stereocenters. The van der Waals surface area contributed by atoms with Crippen molar-refractivity contribution in [2.24, 2.45) is 0 Å². The highest BCUT2D eigenvalue weighted by molar-refractivity contribution is 5.67. The molecule has 1 rings (SSSR count). The Morgan fingerprint density at radius 2 is 2.31 bits per heavy atom. The molecule has 0 aromatic heterocycles. The lowest BCUT2D eigenvalue weighted by Crippen LogP contribution is -2.50. The molecule has 0 bridgehead atoms. The topological polar surface area (TPSA) is 79.8 Å². The van der Waals surface area contributed by atoms with Gasteiger partial charge in [-0.2, -0.15) is 0 Å². The van der Waals surface area contributed by atoms with E-state index in [1.54, 1.807) is 0 Å². The molecule has 94 valence electrons. The van der Waals surface area contributed by atoms with Crippen molar-refractivity contribution in [2.45, 2.75) is 38.7 Å². The summed E-state index contributed by atoms with van der Waals surface area (Å²) in [6.07, 6.45) is -1.20. The third-order valence-corrected chi connectivity index (χ3v) is 1.94. The molecular formula is C10H20N2O4. The van der Waals surface area contributed by atoms with Crippen molar-refractivity contribution < 1.29 is 19.4 Å². The van der Waals surface area contributed by atoms with E-state index in [9.17, 15) is 4.79 Å². The van der Waals surface area contributed by atoms with E-state index >= 15 is 0 Å². The van der Waals surface area contributed by atoms with E-state index in [0.29, 0.717) is 13.1 Å². The van der Waals surface area contributed by atoms with E-state index in [0.717, 1.165) is 0 Å². The van der Waals surface area contributed by atoms with Gasteiger partial charge in [-0.25, -0.2) is 4.79 Å². The predicted octanol–water partition coefficient (Wildman–Crippen LogP) is -0.182. The number of carbonyl (C=O) groups excluding carboxylic acids is 1. The van der Waals surface area contributed by atoms with E-state index < -0.39 is 17.9 Å². The summed E-state index contributed by atoms with van der Waals surface area (Å²) in [5.74, 6) is 0. The molecule has 0 aliphatic carbocycles. The van der Waals surface area contributed by atoms with Gasteiger partial charge in [-0.05, 0) is 20.8 Å². The van der Waals surface area contributed by atoms with Crippen LogP contribution in [0.4, 0.5) is 4.79 Å². The van der Waals surface area contributed by atoms with Gasteiger partial charge in [0.1, 0.15) is 11.8 Å². The van der Waals surface area contributed by atoms with Crippen molar-refractivity contribution in [2.75, 3.05) is 19.7 Å². The van der Waals surface area contributed by atoms with Crippen molar-refractivity contribution in [3.05, 3.63) is 0 Å². The summed E-state index contributed by atoms with van der Waals surface area (Å²) in [7, 11) is 0. The maximum atomic E-state index is 11.3. The van der Waals surface area contributed by atoms with Crippen molar-refractivity contribution in [1.82, 2.24) is 10.6 Å². The van der Waals surface area contributed by atoms with Crippen LogP contribution in [0.5, 0.6) is 0 Å². The molecule has 6 nitrogen and oxygen atoms in total. The highest BCUT2D eigenvalue weighted by Gasteiger charge is 2.21. The quantitative estimate of drug-likeness (QED) is 0.615. The Labute approximate surface area is 95.3 Å². The number of hydrogen-bond acceptors (Lipinski definition) is 5. The summed E-state index contributed by atoms with van der Waals surface area (Å²) < 4.78 is 10.4. The van der Waals surface area contributed by atoms with Gasteiger partial charge in [-0.3, -0.25) is 5.32 Å². The first-order valence-corrected chi connectivity index (χ1v) is 5.37. The third-order valence-electron chi connectivity index (χ3n) is 1.94. The van der Waals surface area contributed by atoms with Gasteiger partial charge in [0.05, 0.1) is 12.7 Å². The summed E-state index contributed by atoms with van der Waals surface area (Å²) in [4.78, 5) is 11.3. The van der Waals surface area contributed by atoms with Crippen molar-refractivity contribution in [3.63, 3.8) is 0 Å². The molecule has 2 atom stereocenters. The molecule has 6 heteroatoms. The zero-order valence-corrected chi connectivity index (χ0v) is 9.95. The van der Waals surface area contributed by atoms with Gasteiger partial charge in [-0.15, -0.1) is 0 Å². The van der Waals surface area contributed by atoms with E-state index in [1.807, 2.05) is 20.8 Å². The zero-order chi connectivity index (χ0) is 12.2. The number of aliphatic hydroxyl groups is 1. The Kier molecular flexibility index (Phi) is 4.52. The van der Waals surface area contributed by atoms with Crippen LogP contribution in [0, 0.1) is 0 Å². The molecule has 0 saturated carbocycles. The maximum absolute atomic E-state index is 11.3. The molecular weight excluding hydrogens is 212 g/mol. The van der Waals surface area contributed by atoms with Gasteiger partial charge in [0.25, 0.3) is 0 Å². The normalized spacial score (nSPS) is 26.2. The van der Waals surface area contributed by atoms with Crippen LogP contribution in [-0.4, -0.2) is 48.8 Å². The monoisotopic (exact) mass is 232 g/mol. The summed E-state index contributed by atoms with van der Waals surface area (Å²) >= 11 is 0. The number of rotatable bonds is 2. The third kappa shape index (κ3) is 5.29. The fourth-order valence-corrected chi connectivity index (χ4v) is 1.26. The average Bonchev–Trinajstić information content (AvgIpc) is 2.14. The van der Waals surface area contributed by atoms with Crippen LogP contribution >= 0.6 is 0 Å². The number of ether oxygens (including phenoxy) is 2. The van der Waals surface area contributed by atoms with Crippen LogP contribution in [0.2, 0.25) is 0 Å². The van der Waals surface area contributed by atoms with E-state index in [-0.39, 0.29) is 12.7 Å². The summed E-state index contributed by atoms with van der Waals surface area (Å²) in [5.41, 5.74) is -0.494. The van der Waals surface area contributed by atoms with Gasteiger partial charge in [0.2, 0.25) is 0 Å². The lowest BCUT2D eigenvalue weighted by atomic mass is 10.2. The number of aliphatic hydroxyl groups excluding tert-OH is 1. The molecule has 0 spiro atoms. The van der Waals surface area contributed by atoms with Gasteiger partial charge < -0.3 is 19.9 Å². The minimum Gasteiger partial charge on any atom is -0.444 e. The fraction of sp³-hybridized carbons (Fsp3) is 0.900. The minimum absolute atomic E-state index is 0.129. The Bertz CT molecular complexity index is 231. The zero-order valence-electron chi connectivity index (χ0n) is 9.95. The number of nitrogens with one attached hydrogen (secondary N) is 2. The van der Waals surface area contributed by atoms with Crippen LogP contribution < -0.4 is 10.6 Å². The van der Waals surface area contributed by atoms with Crippen LogP contribution in [-0.2, 0) is 9.47 Å². The van der Waals surface area contributed by atoms with E-state index in [1.165, 1.54) is 0 Å². The van der Waals surface area contributed by atoms with Gasteiger partial charge in [0, 0.05) is 13.1 Å². The van der Waals surface area contributed by atoms with Crippen LogP contribution in [0.3, 0.4) is 0 Å². The van der Waals surface area contributed by atoms with E-state index in [4.69, 9.17) is 14.6 Å². The lowest BCUT2D eigenvalue weighted by Gasteiger charge is -2.28. The average molecular weight is 232 g/mol. The van der Waals surface area contributed by atoms with Crippen LogP contribution in [0.15, 0.2) is 0 Å². The molecule has 0 aromatic rings. The Hall–Kier alpha value is -0.850. The number of carbonyl (C=O) groups is 1. The second-order valence-corrected chi connectivity index (χ2v) is 4.76. The smallest absolute Gasteiger partial charge is 0.407 e.